The van der Waals surface area contributed by atoms with Crippen molar-refractivity contribution in [1.29, 1.82) is 0 Å². The van der Waals surface area contributed by atoms with Crippen LogP contribution in [0.5, 0.6) is 0 Å². The van der Waals surface area contributed by atoms with Crippen molar-refractivity contribution in [2.24, 2.45) is 0 Å². The van der Waals surface area contributed by atoms with Crippen molar-refractivity contribution in [2.45, 2.75) is 37.4 Å². The van der Waals surface area contributed by atoms with Crippen LogP contribution in [0.15, 0.2) is 83.8 Å². The fraction of sp³-hybridized carbons (Fsp3) is 0.194. The van der Waals surface area contributed by atoms with Crippen LogP contribution in [0.2, 0.25) is 5.02 Å². The number of nitrogens with one attached hydrogen (secondary N) is 1. The van der Waals surface area contributed by atoms with Crippen LogP contribution in [-0.2, 0) is 40.4 Å². The first-order valence-electron chi connectivity index (χ1n) is 13.0. The average molecular weight is 617 g/mol. The van der Waals surface area contributed by atoms with E-state index in [1.165, 1.54) is 10.4 Å². The Labute approximate surface area is 245 Å². The van der Waals surface area contributed by atoms with Crippen LogP contribution in [0.4, 0.5) is 23.2 Å². The van der Waals surface area contributed by atoms with E-state index in [2.05, 4.69) is 5.32 Å². The minimum absolute atomic E-state index is 0.0161. The molecule has 1 aliphatic rings. The molecular formula is C31H25ClF4N2O3S. The smallest absolute Gasteiger partial charge is 0.324 e. The number of carbonyl (C=O) groups excluding carboxylic acids is 1. The minimum atomic E-state index is -4.90. The summed E-state index contributed by atoms with van der Waals surface area (Å²) in [7, 11) is -3.92. The van der Waals surface area contributed by atoms with Crippen molar-refractivity contribution in [3.63, 3.8) is 0 Å². The molecule has 0 bridgehead atoms. The Balaban J connectivity index is 1.39. The second-order valence-electron chi connectivity index (χ2n) is 10.0. The van der Waals surface area contributed by atoms with Gasteiger partial charge in [0.1, 0.15) is 5.82 Å². The second kappa shape index (κ2) is 11.5. The topological polar surface area (TPSA) is 66.5 Å². The molecule has 1 N–H and O–H groups in total. The van der Waals surface area contributed by atoms with Gasteiger partial charge in [0.2, 0.25) is 15.9 Å². The van der Waals surface area contributed by atoms with Gasteiger partial charge in [-0.2, -0.15) is 17.5 Å². The highest BCUT2D eigenvalue weighted by molar-refractivity contribution is 7.89. The van der Waals surface area contributed by atoms with E-state index in [9.17, 15) is 30.8 Å². The summed E-state index contributed by atoms with van der Waals surface area (Å²) < 4.78 is 82.8. The van der Waals surface area contributed by atoms with Crippen molar-refractivity contribution in [1.82, 2.24) is 4.31 Å². The molecule has 4 aromatic carbocycles. The van der Waals surface area contributed by atoms with E-state index < -0.39 is 45.5 Å². The summed E-state index contributed by atoms with van der Waals surface area (Å²) in [5.74, 6) is -2.27. The summed E-state index contributed by atoms with van der Waals surface area (Å²) in [4.78, 5) is 13.0. The summed E-state index contributed by atoms with van der Waals surface area (Å²) >= 11 is 6.38. The number of hydrogen-bond donors (Lipinski definition) is 1. The Kier molecular flexibility index (Phi) is 8.15. The summed E-state index contributed by atoms with van der Waals surface area (Å²) in [6.45, 7) is 2.06. The number of alkyl halides is 3. The van der Waals surface area contributed by atoms with Gasteiger partial charge in [0.25, 0.3) is 0 Å². The molecule has 1 amide bonds. The highest BCUT2D eigenvalue weighted by Crippen LogP contribution is 2.37. The Morgan fingerprint density at radius 1 is 0.976 bits per heavy atom. The van der Waals surface area contributed by atoms with E-state index in [4.69, 9.17) is 11.6 Å². The van der Waals surface area contributed by atoms with Gasteiger partial charge in [-0.25, -0.2) is 12.8 Å². The zero-order valence-corrected chi connectivity index (χ0v) is 23.9. The number of aryl methyl sites for hydroxylation is 1. The third-order valence-corrected chi connectivity index (χ3v) is 9.40. The summed E-state index contributed by atoms with van der Waals surface area (Å²) in [6, 6.07) is 20.3. The Bertz CT molecular complexity index is 1770. The molecular weight excluding hydrogens is 592 g/mol. The van der Waals surface area contributed by atoms with Gasteiger partial charge < -0.3 is 5.32 Å². The fourth-order valence-electron chi connectivity index (χ4n) is 5.04. The molecule has 4 aromatic rings. The summed E-state index contributed by atoms with van der Waals surface area (Å²) in [5.41, 5.74) is 1.99. The quantitative estimate of drug-likeness (QED) is 0.230. The maximum absolute atomic E-state index is 14.5. The number of carbonyl (C=O) groups is 1. The first-order valence-corrected chi connectivity index (χ1v) is 14.8. The van der Waals surface area contributed by atoms with E-state index in [-0.39, 0.29) is 35.1 Å². The zero-order valence-electron chi connectivity index (χ0n) is 22.3. The molecule has 0 radical (unpaired) electrons. The van der Waals surface area contributed by atoms with Gasteiger partial charge in [-0.1, -0.05) is 77.8 Å². The van der Waals surface area contributed by atoms with E-state index in [1.54, 1.807) is 30.3 Å². The third kappa shape index (κ3) is 5.92. The fourth-order valence-corrected chi connectivity index (χ4v) is 6.89. The zero-order chi connectivity index (χ0) is 30.2. The monoisotopic (exact) mass is 616 g/mol. The van der Waals surface area contributed by atoms with Crippen molar-refractivity contribution in [2.75, 3.05) is 11.9 Å². The van der Waals surface area contributed by atoms with Gasteiger partial charge in [0, 0.05) is 18.7 Å². The van der Waals surface area contributed by atoms with Crippen LogP contribution < -0.4 is 5.32 Å². The number of hydrogen-bond acceptors (Lipinski definition) is 3. The van der Waals surface area contributed by atoms with Crippen LogP contribution in [-0.4, -0.2) is 25.2 Å². The predicted octanol–water partition coefficient (Wildman–Crippen LogP) is 7.40. The first kappa shape index (κ1) is 29.8. The number of anilines is 1. The van der Waals surface area contributed by atoms with Gasteiger partial charge in [-0.3, -0.25) is 4.79 Å². The number of rotatable bonds is 6. The largest absolute Gasteiger partial charge is 0.419 e. The molecule has 218 valence electrons. The normalized spacial score (nSPS) is 14.0. The highest BCUT2D eigenvalue weighted by Gasteiger charge is 2.35. The van der Waals surface area contributed by atoms with Crippen LogP contribution >= 0.6 is 11.6 Å². The molecule has 0 saturated carbocycles. The molecule has 1 aliphatic heterocycles. The summed E-state index contributed by atoms with van der Waals surface area (Å²) in [6.07, 6.45) is -5.33. The van der Waals surface area contributed by atoms with Crippen molar-refractivity contribution in [3.05, 3.63) is 118 Å². The van der Waals surface area contributed by atoms with E-state index in [0.717, 1.165) is 23.3 Å². The van der Waals surface area contributed by atoms with Crippen LogP contribution in [0.1, 0.15) is 27.8 Å². The molecule has 0 saturated heterocycles. The third-order valence-electron chi connectivity index (χ3n) is 7.18. The molecule has 0 atom stereocenters. The maximum Gasteiger partial charge on any atom is 0.419 e. The van der Waals surface area contributed by atoms with E-state index in [1.807, 2.05) is 31.2 Å². The molecule has 0 aromatic heterocycles. The number of fused-ring (bicyclic) bond motifs is 1. The van der Waals surface area contributed by atoms with Crippen LogP contribution in [0.25, 0.3) is 11.1 Å². The maximum atomic E-state index is 14.5. The standard InChI is InChI=1S/C31H25ClF4N2O3S/c1-19-9-11-20(12-10-19)23-6-2-3-8-27(23)42(40,41)38-16-15-24-22(18-38)13-14-26(32)30(24)37-28(39)17-21-5-4-7-25(29(21)33)31(34,35)36/h2-14H,15-18H2,1H3,(H,37,39). The Hall–Kier alpha value is -3.73. The number of halogens is 5. The minimum Gasteiger partial charge on any atom is -0.324 e. The van der Waals surface area contributed by atoms with Crippen molar-refractivity contribution in [3.8, 4) is 11.1 Å². The summed E-state index contributed by atoms with van der Waals surface area (Å²) in [5, 5.41) is 2.78. The molecule has 1 heterocycles. The molecule has 0 unspecified atom stereocenters. The first-order chi connectivity index (χ1) is 19.9. The SMILES string of the molecule is Cc1ccc(-c2ccccc2S(=O)(=O)N2CCc3c(ccc(Cl)c3NC(=O)Cc3cccc(C(F)(F)F)c3F)C2)cc1. The lowest BCUT2D eigenvalue weighted by Crippen LogP contribution is -2.36. The van der Waals surface area contributed by atoms with Gasteiger partial charge in [-0.15, -0.1) is 0 Å². The van der Waals surface area contributed by atoms with Gasteiger partial charge >= 0.3 is 6.18 Å². The number of nitrogens with zero attached hydrogens (tertiary/aromatic N) is 1. The predicted molar refractivity (Wildman–Crippen MR) is 153 cm³/mol. The lowest BCUT2D eigenvalue weighted by Gasteiger charge is -2.30. The highest BCUT2D eigenvalue weighted by atomic mass is 35.5. The molecule has 42 heavy (non-hydrogen) atoms. The van der Waals surface area contributed by atoms with Crippen LogP contribution in [0.3, 0.4) is 0 Å². The lowest BCUT2D eigenvalue weighted by molar-refractivity contribution is -0.140. The number of benzene rings is 4. The van der Waals surface area contributed by atoms with E-state index >= 15 is 0 Å². The molecule has 0 aliphatic carbocycles. The van der Waals surface area contributed by atoms with Gasteiger partial charge in [-0.05, 0) is 53.8 Å². The van der Waals surface area contributed by atoms with Crippen molar-refractivity contribution < 1.29 is 30.8 Å². The number of sulfonamides is 1. The molecule has 11 heteroatoms. The van der Waals surface area contributed by atoms with Gasteiger partial charge in [0.15, 0.2) is 0 Å². The molecule has 0 fully saturated rings. The molecule has 5 nitrogen and oxygen atoms in total. The Morgan fingerprint density at radius 3 is 2.40 bits per heavy atom. The second-order valence-corrected chi connectivity index (χ2v) is 12.3. The van der Waals surface area contributed by atoms with Crippen LogP contribution in [0, 0.1) is 12.7 Å². The molecule has 5 rings (SSSR count). The lowest BCUT2D eigenvalue weighted by atomic mass is 9.98. The van der Waals surface area contributed by atoms with Crippen molar-refractivity contribution >= 4 is 33.2 Å². The Morgan fingerprint density at radius 2 is 1.69 bits per heavy atom. The average Bonchev–Trinajstić information content (AvgIpc) is 2.95. The molecule has 0 spiro atoms. The van der Waals surface area contributed by atoms with E-state index in [0.29, 0.717) is 22.8 Å². The van der Waals surface area contributed by atoms with Gasteiger partial charge in [0.05, 0.1) is 27.6 Å². The number of amides is 1.